The van der Waals surface area contributed by atoms with Crippen molar-refractivity contribution in [3.63, 3.8) is 0 Å². The molecule has 0 spiro atoms. The zero-order valence-electron chi connectivity index (χ0n) is 13.8. The summed E-state index contributed by atoms with van der Waals surface area (Å²) in [6.45, 7) is 2.43. The van der Waals surface area contributed by atoms with Gasteiger partial charge in [0.15, 0.2) is 6.61 Å². The molecule has 1 aromatic carbocycles. The Morgan fingerprint density at radius 1 is 1.30 bits per heavy atom. The highest BCUT2D eigenvalue weighted by Crippen LogP contribution is 2.60. The first-order valence-corrected chi connectivity index (χ1v) is 8.94. The lowest BCUT2D eigenvalue weighted by molar-refractivity contribution is -0.0226. The molecule has 1 N–H and O–H groups in total. The van der Waals surface area contributed by atoms with Crippen molar-refractivity contribution in [3.8, 4) is 11.8 Å². The third-order valence-corrected chi connectivity index (χ3v) is 6.95. The van der Waals surface area contributed by atoms with E-state index in [1.165, 1.54) is 30.4 Å². The second-order valence-electron chi connectivity index (χ2n) is 7.86. The summed E-state index contributed by atoms with van der Waals surface area (Å²) in [7, 11) is 0. The molecule has 3 aliphatic rings. The van der Waals surface area contributed by atoms with Crippen LogP contribution in [0.3, 0.4) is 0 Å². The van der Waals surface area contributed by atoms with E-state index in [0.717, 1.165) is 30.9 Å². The van der Waals surface area contributed by atoms with Crippen LogP contribution in [0.4, 0.5) is 0 Å². The highest BCUT2D eigenvalue weighted by Gasteiger charge is 2.54. The lowest BCUT2D eigenvalue weighted by Crippen LogP contribution is -2.43. The van der Waals surface area contributed by atoms with Crippen molar-refractivity contribution in [2.45, 2.75) is 57.5 Å². The Balaban J connectivity index is 1.61. The Hall–Kier alpha value is -1.53. The average Bonchev–Trinajstić information content (AvgIpc) is 2.88. The molecule has 0 amide bonds. The number of benzene rings is 1. The van der Waals surface area contributed by atoms with Crippen molar-refractivity contribution < 1.29 is 9.84 Å². The molecule has 3 aliphatic carbocycles. The summed E-state index contributed by atoms with van der Waals surface area (Å²) >= 11 is 0. The van der Waals surface area contributed by atoms with Gasteiger partial charge in [-0.25, -0.2) is 0 Å². The molecule has 0 heterocycles. The number of aryl methyl sites for hydroxylation is 1. The second kappa shape index (κ2) is 5.53. The summed E-state index contributed by atoms with van der Waals surface area (Å²) in [5.41, 5.74) is 3.05. The Morgan fingerprint density at radius 3 is 3.00 bits per heavy atom. The number of ether oxygens (including phenoxy) is 1. The van der Waals surface area contributed by atoms with Gasteiger partial charge in [-0.05, 0) is 85.0 Å². The summed E-state index contributed by atoms with van der Waals surface area (Å²) in [5, 5.41) is 19.1. The Morgan fingerprint density at radius 2 is 2.17 bits per heavy atom. The molecule has 3 heteroatoms. The van der Waals surface area contributed by atoms with E-state index < -0.39 is 0 Å². The van der Waals surface area contributed by atoms with Gasteiger partial charge in [-0.3, -0.25) is 0 Å². The molecule has 2 fully saturated rings. The van der Waals surface area contributed by atoms with Crippen LogP contribution in [0.15, 0.2) is 18.2 Å². The summed E-state index contributed by atoms with van der Waals surface area (Å²) < 4.78 is 5.46. The number of hydrogen-bond donors (Lipinski definition) is 1. The summed E-state index contributed by atoms with van der Waals surface area (Å²) in [4.78, 5) is 0. The maximum absolute atomic E-state index is 10.4. The molecule has 0 saturated heterocycles. The number of hydrogen-bond acceptors (Lipinski definition) is 3. The van der Waals surface area contributed by atoms with Crippen molar-refractivity contribution in [3.05, 3.63) is 29.3 Å². The zero-order chi connectivity index (χ0) is 16.0. The zero-order valence-corrected chi connectivity index (χ0v) is 13.8. The minimum atomic E-state index is -0.100. The van der Waals surface area contributed by atoms with Gasteiger partial charge >= 0.3 is 0 Å². The monoisotopic (exact) mass is 311 g/mol. The van der Waals surface area contributed by atoms with E-state index in [1.54, 1.807) is 0 Å². The predicted molar refractivity (Wildman–Crippen MR) is 88.2 cm³/mol. The van der Waals surface area contributed by atoms with Crippen LogP contribution in [0, 0.1) is 28.6 Å². The molecular formula is C20H25NO2. The first kappa shape index (κ1) is 15.0. The molecule has 5 atom stereocenters. The third-order valence-electron chi connectivity index (χ3n) is 6.95. The molecule has 2 saturated carbocycles. The van der Waals surface area contributed by atoms with Crippen LogP contribution in [0.5, 0.6) is 5.75 Å². The molecule has 0 unspecified atom stereocenters. The number of fused-ring (bicyclic) bond motifs is 5. The molecule has 23 heavy (non-hydrogen) atoms. The van der Waals surface area contributed by atoms with E-state index in [2.05, 4.69) is 19.1 Å². The van der Waals surface area contributed by atoms with E-state index in [0.29, 0.717) is 11.8 Å². The SMILES string of the molecule is C[C@]12CC[C@@H]3c4ccc(OCC#N)cc4CC[C@H]3[C@@H]1CC[C@@H]2O. The fraction of sp³-hybridized carbons (Fsp3) is 0.650. The Bertz CT molecular complexity index is 650. The molecule has 122 valence electrons. The number of rotatable bonds is 2. The fourth-order valence-electron chi connectivity index (χ4n) is 5.74. The second-order valence-corrected chi connectivity index (χ2v) is 7.86. The van der Waals surface area contributed by atoms with Gasteiger partial charge in [0, 0.05) is 0 Å². The van der Waals surface area contributed by atoms with Crippen molar-refractivity contribution in [1.82, 2.24) is 0 Å². The Labute approximate surface area is 138 Å². The van der Waals surface area contributed by atoms with E-state index in [9.17, 15) is 5.11 Å². The first-order valence-electron chi connectivity index (χ1n) is 8.94. The molecule has 0 radical (unpaired) electrons. The lowest BCUT2D eigenvalue weighted by Gasteiger charge is -2.50. The van der Waals surface area contributed by atoms with E-state index >= 15 is 0 Å². The highest BCUT2D eigenvalue weighted by molar-refractivity contribution is 5.40. The topological polar surface area (TPSA) is 53.2 Å². The van der Waals surface area contributed by atoms with Gasteiger partial charge in [-0.15, -0.1) is 0 Å². The molecule has 0 bridgehead atoms. The van der Waals surface area contributed by atoms with E-state index in [1.807, 2.05) is 12.1 Å². The van der Waals surface area contributed by atoms with Crippen LogP contribution < -0.4 is 4.74 Å². The minimum Gasteiger partial charge on any atom is -0.479 e. The number of nitrogens with zero attached hydrogens (tertiary/aromatic N) is 1. The standard InChI is InChI=1S/C20H25NO2/c1-20-9-8-16-15-5-3-14(23-11-10-21)12-13(15)2-4-17(16)18(20)6-7-19(20)22/h3,5,12,16-19,22H,2,4,6-9,11H2,1H3/t16-,17-,18+,19+,20+/m1/s1. The number of aliphatic hydroxyl groups is 1. The third kappa shape index (κ3) is 2.27. The largest absolute Gasteiger partial charge is 0.479 e. The van der Waals surface area contributed by atoms with Gasteiger partial charge in [-0.2, -0.15) is 5.26 Å². The highest BCUT2D eigenvalue weighted by atomic mass is 16.5. The van der Waals surface area contributed by atoms with Crippen molar-refractivity contribution in [2.24, 2.45) is 17.3 Å². The van der Waals surface area contributed by atoms with Gasteiger partial charge < -0.3 is 9.84 Å². The van der Waals surface area contributed by atoms with Gasteiger partial charge in [0.1, 0.15) is 11.8 Å². The van der Waals surface area contributed by atoms with Gasteiger partial charge in [-0.1, -0.05) is 13.0 Å². The molecule has 1 aromatic rings. The number of nitriles is 1. The average molecular weight is 311 g/mol. The van der Waals surface area contributed by atoms with Crippen LogP contribution in [-0.2, 0) is 6.42 Å². The summed E-state index contributed by atoms with van der Waals surface area (Å²) in [6.07, 6.45) is 6.74. The van der Waals surface area contributed by atoms with Crippen LogP contribution >= 0.6 is 0 Å². The van der Waals surface area contributed by atoms with Gasteiger partial charge in [0.25, 0.3) is 0 Å². The molecule has 4 rings (SSSR count). The molecular weight excluding hydrogens is 286 g/mol. The molecule has 0 aliphatic heterocycles. The van der Waals surface area contributed by atoms with Crippen LogP contribution in [0.1, 0.15) is 56.1 Å². The fourth-order valence-corrected chi connectivity index (χ4v) is 5.74. The summed E-state index contributed by atoms with van der Waals surface area (Å²) in [5.74, 6) is 2.87. The predicted octanol–water partition coefficient (Wildman–Crippen LogP) is 3.81. The van der Waals surface area contributed by atoms with Gasteiger partial charge in [0.05, 0.1) is 6.10 Å². The van der Waals surface area contributed by atoms with E-state index in [4.69, 9.17) is 10.00 Å². The van der Waals surface area contributed by atoms with Gasteiger partial charge in [0.2, 0.25) is 0 Å². The summed E-state index contributed by atoms with van der Waals surface area (Å²) in [6, 6.07) is 8.42. The lowest BCUT2D eigenvalue weighted by atomic mass is 9.55. The van der Waals surface area contributed by atoms with Crippen LogP contribution in [0.2, 0.25) is 0 Å². The number of aliphatic hydroxyl groups excluding tert-OH is 1. The molecule has 0 aromatic heterocycles. The first-order chi connectivity index (χ1) is 11.1. The smallest absolute Gasteiger partial charge is 0.174 e. The minimum absolute atomic E-state index is 0.100. The quantitative estimate of drug-likeness (QED) is 0.903. The Kier molecular flexibility index (Phi) is 3.61. The van der Waals surface area contributed by atoms with Crippen molar-refractivity contribution >= 4 is 0 Å². The normalized spacial score (nSPS) is 38.1. The van der Waals surface area contributed by atoms with Crippen molar-refractivity contribution in [2.75, 3.05) is 6.61 Å². The van der Waals surface area contributed by atoms with E-state index in [-0.39, 0.29) is 18.1 Å². The van der Waals surface area contributed by atoms with Crippen LogP contribution in [0.25, 0.3) is 0 Å². The maximum Gasteiger partial charge on any atom is 0.174 e. The maximum atomic E-state index is 10.4. The van der Waals surface area contributed by atoms with Crippen molar-refractivity contribution in [1.29, 1.82) is 5.26 Å². The molecule has 3 nitrogen and oxygen atoms in total. The van der Waals surface area contributed by atoms with Crippen LogP contribution in [-0.4, -0.2) is 17.8 Å².